The van der Waals surface area contributed by atoms with E-state index < -0.39 is 0 Å². The van der Waals surface area contributed by atoms with Crippen molar-refractivity contribution in [1.82, 2.24) is 0 Å². The fourth-order valence-electron chi connectivity index (χ4n) is 4.34. The Labute approximate surface area is 126 Å². The molecule has 2 saturated carbocycles. The topological polar surface area (TPSA) is 0 Å². The number of halogens is 2. The van der Waals surface area contributed by atoms with Gasteiger partial charge in [-0.25, -0.2) is 4.39 Å². The molecule has 0 aromatic heterocycles. The van der Waals surface area contributed by atoms with Crippen molar-refractivity contribution in [3.05, 3.63) is 34.6 Å². The van der Waals surface area contributed by atoms with Crippen LogP contribution in [0.3, 0.4) is 0 Å². The normalized spacial score (nSPS) is 28.5. The highest BCUT2D eigenvalue weighted by atomic mass is 35.5. The van der Waals surface area contributed by atoms with Gasteiger partial charge in [-0.3, -0.25) is 0 Å². The van der Waals surface area contributed by atoms with E-state index >= 15 is 0 Å². The standard InChI is InChI=1S/C18H24ClF/c19-17-8-4-7-16(18(17)20)15-11-9-14(10-12-15)13-5-2-1-3-6-13/h4,7-8,13-15H,1-3,5-6,9-12H2. The van der Waals surface area contributed by atoms with Crippen molar-refractivity contribution in [2.45, 2.75) is 63.7 Å². The van der Waals surface area contributed by atoms with Gasteiger partial charge in [-0.1, -0.05) is 55.8 Å². The molecule has 0 saturated heterocycles. The molecular formula is C18H24ClF. The molecule has 2 heteroatoms. The van der Waals surface area contributed by atoms with Crippen molar-refractivity contribution in [3.63, 3.8) is 0 Å². The molecular weight excluding hydrogens is 271 g/mol. The van der Waals surface area contributed by atoms with E-state index in [1.165, 1.54) is 44.9 Å². The van der Waals surface area contributed by atoms with E-state index in [-0.39, 0.29) is 10.8 Å². The molecule has 20 heavy (non-hydrogen) atoms. The Morgan fingerprint density at radius 1 is 0.850 bits per heavy atom. The fourth-order valence-corrected chi connectivity index (χ4v) is 4.52. The van der Waals surface area contributed by atoms with Crippen LogP contribution in [0.4, 0.5) is 4.39 Å². The van der Waals surface area contributed by atoms with Gasteiger partial charge in [0.25, 0.3) is 0 Å². The third kappa shape index (κ3) is 3.03. The van der Waals surface area contributed by atoms with Crippen LogP contribution >= 0.6 is 11.6 Å². The Morgan fingerprint density at radius 3 is 2.20 bits per heavy atom. The van der Waals surface area contributed by atoms with Crippen molar-refractivity contribution < 1.29 is 4.39 Å². The zero-order valence-corrected chi connectivity index (χ0v) is 12.8. The number of benzene rings is 1. The second-order valence-electron chi connectivity index (χ2n) is 6.65. The van der Waals surface area contributed by atoms with Gasteiger partial charge in [0.05, 0.1) is 5.02 Å². The average molecular weight is 295 g/mol. The molecule has 0 nitrogen and oxygen atoms in total. The molecule has 3 rings (SSSR count). The van der Waals surface area contributed by atoms with E-state index in [9.17, 15) is 4.39 Å². The zero-order chi connectivity index (χ0) is 13.9. The minimum atomic E-state index is -0.185. The lowest BCUT2D eigenvalue weighted by molar-refractivity contribution is 0.185. The van der Waals surface area contributed by atoms with Gasteiger partial charge in [0, 0.05) is 0 Å². The van der Waals surface area contributed by atoms with Gasteiger partial charge >= 0.3 is 0 Å². The molecule has 0 amide bonds. The van der Waals surface area contributed by atoms with Gasteiger partial charge in [0.2, 0.25) is 0 Å². The first kappa shape index (κ1) is 14.4. The van der Waals surface area contributed by atoms with Crippen molar-refractivity contribution in [2.24, 2.45) is 11.8 Å². The van der Waals surface area contributed by atoms with E-state index in [2.05, 4.69) is 0 Å². The van der Waals surface area contributed by atoms with Crippen LogP contribution in [0.2, 0.25) is 5.02 Å². The van der Waals surface area contributed by atoms with Crippen molar-refractivity contribution in [3.8, 4) is 0 Å². The maximum atomic E-state index is 14.1. The molecule has 0 N–H and O–H groups in total. The minimum absolute atomic E-state index is 0.185. The predicted molar refractivity (Wildman–Crippen MR) is 82.7 cm³/mol. The number of hydrogen-bond acceptors (Lipinski definition) is 0. The number of rotatable bonds is 2. The third-order valence-corrected chi connectivity index (χ3v) is 5.80. The highest BCUT2D eigenvalue weighted by Crippen LogP contribution is 2.43. The SMILES string of the molecule is Fc1c(Cl)cccc1C1CCC(C2CCCCC2)CC1. The molecule has 1 aromatic carbocycles. The molecule has 1 aromatic rings. The smallest absolute Gasteiger partial charge is 0.145 e. The lowest BCUT2D eigenvalue weighted by Crippen LogP contribution is -2.23. The largest absolute Gasteiger partial charge is 0.205 e. The van der Waals surface area contributed by atoms with Crippen LogP contribution in [0, 0.1) is 17.7 Å². The maximum Gasteiger partial charge on any atom is 0.145 e. The Morgan fingerprint density at radius 2 is 1.50 bits per heavy atom. The Kier molecular flexibility index (Phi) is 4.65. The average Bonchev–Trinajstić information content (AvgIpc) is 2.51. The summed E-state index contributed by atoms with van der Waals surface area (Å²) >= 11 is 5.91. The van der Waals surface area contributed by atoms with Crippen LogP contribution in [-0.4, -0.2) is 0 Å². The summed E-state index contributed by atoms with van der Waals surface area (Å²) in [7, 11) is 0. The Balaban J connectivity index is 1.62. The lowest BCUT2D eigenvalue weighted by Gasteiger charge is -2.36. The summed E-state index contributed by atoms with van der Waals surface area (Å²) in [5.74, 6) is 2.05. The second kappa shape index (κ2) is 6.47. The first-order valence-electron chi connectivity index (χ1n) is 8.19. The van der Waals surface area contributed by atoms with Gasteiger partial charge in [0.1, 0.15) is 5.82 Å². The summed E-state index contributed by atoms with van der Waals surface area (Å²) in [5, 5.41) is 0.275. The molecule has 2 fully saturated rings. The summed E-state index contributed by atoms with van der Waals surface area (Å²) in [6.45, 7) is 0. The maximum absolute atomic E-state index is 14.1. The highest BCUT2D eigenvalue weighted by molar-refractivity contribution is 6.30. The summed E-state index contributed by atoms with van der Waals surface area (Å²) in [4.78, 5) is 0. The predicted octanol–water partition coefficient (Wildman–Crippen LogP) is 6.33. The monoisotopic (exact) mass is 294 g/mol. The van der Waals surface area contributed by atoms with Crippen molar-refractivity contribution in [1.29, 1.82) is 0 Å². The first-order valence-corrected chi connectivity index (χ1v) is 8.57. The van der Waals surface area contributed by atoms with Gasteiger partial charge in [-0.05, 0) is 55.1 Å². The molecule has 2 aliphatic rings. The number of hydrogen-bond donors (Lipinski definition) is 0. The van der Waals surface area contributed by atoms with Crippen LogP contribution in [0.25, 0.3) is 0 Å². The Hall–Kier alpha value is -0.560. The second-order valence-corrected chi connectivity index (χ2v) is 7.06. The molecule has 110 valence electrons. The third-order valence-electron chi connectivity index (χ3n) is 5.51. The van der Waals surface area contributed by atoms with E-state index in [1.54, 1.807) is 6.07 Å². The molecule has 0 aliphatic heterocycles. The Bertz CT molecular complexity index is 443. The summed E-state index contributed by atoms with van der Waals surface area (Å²) in [6, 6.07) is 5.45. The van der Waals surface area contributed by atoms with Gasteiger partial charge in [-0.2, -0.15) is 0 Å². The van der Waals surface area contributed by atoms with Crippen LogP contribution in [-0.2, 0) is 0 Å². The van der Waals surface area contributed by atoms with Gasteiger partial charge < -0.3 is 0 Å². The molecule has 0 unspecified atom stereocenters. The molecule has 0 atom stereocenters. The van der Waals surface area contributed by atoms with E-state index in [1.807, 2.05) is 12.1 Å². The van der Waals surface area contributed by atoms with Gasteiger partial charge in [-0.15, -0.1) is 0 Å². The lowest BCUT2D eigenvalue weighted by atomic mass is 9.70. The quantitative estimate of drug-likeness (QED) is 0.597. The van der Waals surface area contributed by atoms with Crippen molar-refractivity contribution in [2.75, 3.05) is 0 Å². The molecule has 0 spiro atoms. The minimum Gasteiger partial charge on any atom is -0.205 e. The van der Waals surface area contributed by atoms with E-state index in [0.717, 1.165) is 30.2 Å². The molecule has 2 aliphatic carbocycles. The molecule has 0 heterocycles. The van der Waals surface area contributed by atoms with Crippen LogP contribution in [0.1, 0.15) is 69.3 Å². The van der Waals surface area contributed by atoms with E-state index in [4.69, 9.17) is 11.6 Å². The van der Waals surface area contributed by atoms with Crippen LogP contribution in [0.15, 0.2) is 18.2 Å². The zero-order valence-electron chi connectivity index (χ0n) is 12.1. The summed E-state index contributed by atoms with van der Waals surface area (Å²) < 4.78 is 14.1. The van der Waals surface area contributed by atoms with Gasteiger partial charge in [0.15, 0.2) is 0 Å². The van der Waals surface area contributed by atoms with Crippen molar-refractivity contribution >= 4 is 11.6 Å². The summed E-state index contributed by atoms with van der Waals surface area (Å²) in [5.41, 5.74) is 0.847. The highest BCUT2D eigenvalue weighted by Gasteiger charge is 2.30. The molecule has 0 radical (unpaired) electrons. The first-order chi connectivity index (χ1) is 9.75. The fraction of sp³-hybridized carbons (Fsp3) is 0.667. The summed E-state index contributed by atoms with van der Waals surface area (Å²) in [6.07, 6.45) is 12.0. The van der Waals surface area contributed by atoms with E-state index in [0.29, 0.717) is 5.92 Å². The van der Waals surface area contributed by atoms with Crippen LogP contribution < -0.4 is 0 Å². The molecule has 0 bridgehead atoms. The van der Waals surface area contributed by atoms with Crippen LogP contribution in [0.5, 0.6) is 0 Å².